The highest BCUT2D eigenvalue weighted by Gasteiger charge is 2.41. The third-order valence-corrected chi connectivity index (χ3v) is 4.63. The van der Waals surface area contributed by atoms with E-state index in [9.17, 15) is 5.11 Å². The Labute approximate surface area is 98.5 Å². The summed E-state index contributed by atoms with van der Waals surface area (Å²) in [4.78, 5) is 0. The third-order valence-electron chi connectivity index (χ3n) is 4.63. The molecule has 1 aliphatic rings. The highest BCUT2D eigenvalue weighted by molar-refractivity contribution is 5.37. The fraction of sp³-hybridized carbons (Fsp3) is 0.600. The van der Waals surface area contributed by atoms with Crippen molar-refractivity contribution in [3.05, 3.63) is 35.4 Å². The molecule has 1 heteroatoms. The van der Waals surface area contributed by atoms with Gasteiger partial charge in [0, 0.05) is 12.0 Å². The van der Waals surface area contributed by atoms with E-state index in [2.05, 4.69) is 45.0 Å². The fourth-order valence-electron chi connectivity index (χ4n) is 3.18. The van der Waals surface area contributed by atoms with E-state index in [0.29, 0.717) is 18.4 Å². The van der Waals surface area contributed by atoms with E-state index < -0.39 is 0 Å². The molecule has 0 aliphatic heterocycles. The zero-order chi connectivity index (χ0) is 11.8. The number of benzene rings is 1. The van der Waals surface area contributed by atoms with E-state index in [1.807, 2.05) is 0 Å². The molecule has 0 heterocycles. The first-order chi connectivity index (χ1) is 7.60. The number of hydrogen-bond donors (Lipinski definition) is 1. The van der Waals surface area contributed by atoms with Gasteiger partial charge in [0.2, 0.25) is 0 Å². The summed E-state index contributed by atoms with van der Waals surface area (Å²) in [7, 11) is 0. The first kappa shape index (κ1) is 11.7. The van der Waals surface area contributed by atoms with Gasteiger partial charge >= 0.3 is 0 Å². The number of rotatable bonds is 2. The summed E-state index contributed by atoms with van der Waals surface area (Å²) in [6, 6.07) is 8.73. The maximum absolute atomic E-state index is 9.60. The van der Waals surface area contributed by atoms with Crippen LogP contribution in [0.5, 0.6) is 0 Å². The van der Waals surface area contributed by atoms with Crippen molar-refractivity contribution < 1.29 is 5.11 Å². The average Bonchev–Trinajstić information content (AvgIpc) is 2.29. The Hall–Kier alpha value is -0.820. The molecular formula is C15H22O. The van der Waals surface area contributed by atoms with E-state index in [4.69, 9.17) is 0 Å². The summed E-state index contributed by atoms with van der Waals surface area (Å²) < 4.78 is 0. The van der Waals surface area contributed by atoms with Crippen LogP contribution >= 0.6 is 0 Å². The van der Waals surface area contributed by atoms with Crippen molar-refractivity contribution in [2.75, 3.05) is 6.61 Å². The molecule has 1 aromatic rings. The highest BCUT2D eigenvalue weighted by atomic mass is 16.3. The lowest BCUT2D eigenvalue weighted by molar-refractivity contribution is 0.108. The minimum atomic E-state index is 0.129. The van der Waals surface area contributed by atoms with Gasteiger partial charge in [0.05, 0.1) is 0 Å². The van der Waals surface area contributed by atoms with Crippen LogP contribution in [-0.2, 0) is 11.8 Å². The van der Waals surface area contributed by atoms with Gasteiger partial charge in [0.15, 0.2) is 0 Å². The summed E-state index contributed by atoms with van der Waals surface area (Å²) in [6.07, 6.45) is 2.23. The van der Waals surface area contributed by atoms with E-state index in [-0.39, 0.29) is 5.41 Å². The van der Waals surface area contributed by atoms with Crippen molar-refractivity contribution in [2.24, 2.45) is 11.8 Å². The van der Waals surface area contributed by atoms with Gasteiger partial charge in [-0.05, 0) is 35.8 Å². The molecule has 0 bridgehead atoms. The Morgan fingerprint density at radius 1 is 1.38 bits per heavy atom. The Morgan fingerprint density at radius 2 is 2.06 bits per heavy atom. The number of aliphatic hydroxyl groups is 1. The van der Waals surface area contributed by atoms with Crippen LogP contribution in [-0.4, -0.2) is 11.7 Å². The van der Waals surface area contributed by atoms with Crippen molar-refractivity contribution in [2.45, 2.75) is 39.0 Å². The summed E-state index contributed by atoms with van der Waals surface area (Å²) in [5.41, 5.74) is 3.06. The number of aliphatic hydroxyl groups excluding tert-OH is 1. The average molecular weight is 218 g/mol. The Bertz CT molecular complexity index is 369. The van der Waals surface area contributed by atoms with Crippen molar-refractivity contribution >= 4 is 0 Å². The molecule has 2 rings (SSSR count). The van der Waals surface area contributed by atoms with Gasteiger partial charge < -0.3 is 5.11 Å². The van der Waals surface area contributed by atoms with Crippen LogP contribution in [0, 0.1) is 11.8 Å². The van der Waals surface area contributed by atoms with Crippen LogP contribution in [0.4, 0.5) is 0 Å². The van der Waals surface area contributed by atoms with Gasteiger partial charge in [-0.3, -0.25) is 0 Å². The second-order valence-corrected chi connectivity index (χ2v) is 5.51. The van der Waals surface area contributed by atoms with Gasteiger partial charge in [0.1, 0.15) is 0 Å². The predicted molar refractivity (Wildman–Crippen MR) is 67.5 cm³/mol. The summed E-state index contributed by atoms with van der Waals surface area (Å²) in [6.45, 7) is 7.16. The second-order valence-electron chi connectivity index (χ2n) is 5.51. The second kappa shape index (κ2) is 4.21. The number of fused-ring (bicyclic) bond motifs is 1. The largest absolute Gasteiger partial charge is 0.396 e. The van der Waals surface area contributed by atoms with Gasteiger partial charge in [0.25, 0.3) is 0 Å². The summed E-state index contributed by atoms with van der Waals surface area (Å²) >= 11 is 0. The molecular weight excluding hydrogens is 196 g/mol. The molecule has 1 N–H and O–H groups in total. The first-order valence-electron chi connectivity index (χ1n) is 6.30. The molecule has 2 unspecified atom stereocenters. The van der Waals surface area contributed by atoms with Gasteiger partial charge in [-0.1, -0.05) is 45.0 Å². The molecule has 16 heavy (non-hydrogen) atoms. The van der Waals surface area contributed by atoms with E-state index >= 15 is 0 Å². The van der Waals surface area contributed by atoms with Crippen LogP contribution in [0.1, 0.15) is 38.3 Å². The summed E-state index contributed by atoms with van der Waals surface area (Å²) in [5, 5.41) is 9.60. The monoisotopic (exact) mass is 218 g/mol. The fourth-order valence-corrected chi connectivity index (χ4v) is 3.18. The van der Waals surface area contributed by atoms with Gasteiger partial charge in [-0.25, -0.2) is 0 Å². The standard InChI is InChI=1S/C15H22O/c1-11(2)15(3)13(10-16)9-8-12-6-4-5-7-14(12)15/h4-7,11,13,16H,8-10H2,1-3H3. The third kappa shape index (κ3) is 1.58. The van der Waals surface area contributed by atoms with E-state index in [1.165, 1.54) is 11.1 Å². The molecule has 0 aromatic heterocycles. The van der Waals surface area contributed by atoms with E-state index in [1.54, 1.807) is 0 Å². The van der Waals surface area contributed by atoms with Crippen LogP contribution in [0.3, 0.4) is 0 Å². The SMILES string of the molecule is CC(C)C1(C)c2ccccc2CCC1CO. The molecule has 1 aromatic carbocycles. The quantitative estimate of drug-likeness (QED) is 0.808. The zero-order valence-electron chi connectivity index (χ0n) is 10.5. The maximum Gasteiger partial charge on any atom is 0.0467 e. The molecule has 0 amide bonds. The lowest BCUT2D eigenvalue weighted by Crippen LogP contribution is -2.43. The van der Waals surface area contributed by atoms with Crippen LogP contribution < -0.4 is 0 Å². The first-order valence-corrected chi connectivity index (χ1v) is 6.30. The lowest BCUT2D eigenvalue weighted by Gasteiger charge is -2.45. The summed E-state index contributed by atoms with van der Waals surface area (Å²) in [5.74, 6) is 0.966. The van der Waals surface area contributed by atoms with Crippen LogP contribution in [0.15, 0.2) is 24.3 Å². The van der Waals surface area contributed by atoms with Crippen molar-refractivity contribution in [3.8, 4) is 0 Å². The maximum atomic E-state index is 9.60. The van der Waals surface area contributed by atoms with E-state index in [0.717, 1.165) is 12.8 Å². The highest BCUT2D eigenvalue weighted by Crippen LogP contribution is 2.46. The molecule has 0 saturated carbocycles. The number of hydrogen-bond acceptors (Lipinski definition) is 1. The molecule has 1 nitrogen and oxygen atoms in total. The Kier molecular flexibility index (Phi) is 3.07. The molecule has 0 spiro atoms. The molecule has 88 valence electrons. The molecule has 0 radical (unpaired) electrons. The lowest BCUT2D eigenvalue weighted by atomic mass is 9.59. The van der Waals surface area contributed by atoms with Crippen LogP contribution in [0.2, 0.25) is 0 Å². The predicted octanol–water partition coefficient (Wildman–Crippen LogP) is 3.16. The van der Waals surface area contributed by atoms with Crippen LogP contribution in [0.25, 0.3) is 0 Å². The van der Waals surface area contributed by atoms with Gasteiger partial charge in [-0.2, -0.15) is 0 Å². The topological polar surface area (TPSA) is 20.2 Å². The van der Waals surface area contributed by atoms with Crippen molar-refractivity contribution in [3.63, 3.8) is 0 Å². The molecule has 0 fully saturated rings. The smallest absolute Gasteiger partial charge is 0.0467 e. The molecule has 2 atom stereocenters. The molecule has 0 saturated heterocycles. The Balaban J connectivity index is 2.53. The minimum absolute atomic E-state index is 0.129. The normalized spacial score (nSPS) is 29.2. The molecule has 1 aliphatic carbocycles. The minimum Gasteiger partial charge on any atom is -0.396 e. The number of aryl methyl sites for hydroxylation is 1. The van der Waals surface area contributed by atoms with Crippen molar-refractivity contribution in [1.82, 2.24) is 0 Å². The van der Waals surface area contributed by atoms with Gasteiger partial charge in [-0.15, -0.1) is 0 Å². The zero-order valence-corrected chi connectivity index (χ0v) is 10.5. The Morgan fingerprint density at radius 3 is 2.69 bits per heavy atom. The van der Waals surface area contributed by atoms with Crippen molar-refractivity contribution in [1.29, 1.82) is 0 Å².